The largest absolute Gasteiger partial charge is 0.497 e. The summed E-state index contributed by atoms with van der Waals surface area (Å²) in [5, 5.41) is 6.05. The first-order valence-electron chi connectivity index (χ1n) is 9.29. The summed E-state index contributed by atoms with van der Waals surface area (Å²) in [6, 6.07) is 8.34. The Hall–Kier alpha value is -1.95. The number of ether oxygens (including phenoxy) is 2. The van der Waals surface area contributed by atoms with E-state index in [0.717, 1.165) is 57.6 Å². The monoisotopic (exact) mass is 347 g/mol. The highest BCUT2D eigenvalue weighted by atomic mass is 16.5. The van der Waals surface area contributed by atoms with Crippen molar-refractivity contribution in [3.8, 4) is 5.75 Å². The second-order valence-electron chi connectivity index (χ2n) is 6.78. The fourth-order valence-corrected chi connectivity index (χ4v) is 3.53. The Bertz CT molecular complexity index is 535. The minimum absolute atomic E-state index is 0.0547. The van der Waals surface area contributed by atoms with E-state index in [1.165, 1.54) is 5.69 Å². The third kappa shape index (κ3) is 5.26. The zero-order chi connectivity index (χ0) is 17.5. The molecule has 2 fully saturated rings. The molecule has 6 nitrogen and oxygen atoms in total. The molecule has 138 valence electrons. The number of hydrogen-bond donors (Lipinski definition) is 2. The topological polar surface area (TPSA) is 62.8 Å². The van der Waals surface area contributed by atoms with Crippen molar-refractivity contribution in [2.75, 3.05) is 38.3 Å². The highest BCUT2D eigenvalue weighted by molar-refractivity contribution is 5.74. The summed E-state index contributed by atoms with van der Waals surface area (Å²) in [7, 11) is 1.68. The van der Waals surface area contributed by atoms with Gasteiger partial charge in [-0.15, -0.1) is 0 Å². The average Bonchev–Trinajstić information content (AvgIpc) is 3.16. The number of benzene rings is 1. The van der Waals surface area contributed by atoms with E-state index < -0.39 is 0 Å². The van der Waals surface area contributed by atoms with Crippen molar-refractivity contribution in [3.63, 3.8) is 0 Å². The highest BCUT2D eigenvalue weighted by Gasteiger charge is 2.21. The summed E-state index contributed by atoms with van der Waals surface area (Å²) in [5.41, 5.74) is 1.21. The molecule has 25 heavy (non-hydrogen) atoms. The quantitative estimate of drug-likeness (QED) is 0.830. The summed E-state index contributed by atoms with van der Waals surface area (Å²) in [4.78, 5) is 14.4. The molecule has 1 aromatic rings. The molecule has 2 N–H and O–H groups in total. The molecular formula is C19H29N3O3. The van der Waals surface area contributed by atoms with E-state index in [0.29, 0.717) is 12.6 Å². The number of carbonyl (C=O) groups is 1. The summed E-state index contributed by atoms with van der Waals surface area (Å²) in [6.07, 6.45) is 5.42. The van der Waals surface area contributed by atoms with Crippen LogP contribution in [0, 0.1) is 0 Å². The Morgan fingerprint density at radius 3 is 2.64 bits per heavy atom. The zero-order valence-electron chi connectivity index (χ0n) is 15.0. The molecule has 2 amide bonds. The molecule has 0 aliphatic carbocycles. The standard InChI is InChI=1S/C19H29N3O3/c1-24-17-6-4-16(5-7-17)22-12-9-15(10-13-22)21-19(23)20-11-8-18-3-2-14-25-18/h4-7,15,18H,2-3,8-14H2,1H3,(H2,20,21,23)/t18-/m0/s1. The van der Waals surface area contributed by atoms with Crippen molar-refractivity contribution >= 4 is 11.7 Å². The van der Waals surface area contributed by atoms with Gasteiger partial charge in [-0.05, 0) is 56.4 Å². The highest BCUT2D eigenvalue weighted by Crippen LogP contribution is 2.22. The summed E-state index contributed by atoms with van der Waals surface area (Å²) in [5.74, 6) is 0.875. The lowest BCUT2D eigenvalue weighted by Gasteiger charge is -2.34. The summed E-state index contributed by atoms with van der Waals surface area (Å²) in [6.45, 7) is 3.45. The third-order valence-corrected chi connectivity index (χ3v) is 5.04. The van der Waals surface area contributed by atoms with Gasteiger partial charge in [0.2, 0.25) is 0 Å². The van der Waals surface area contributed by atoms with Crippen LogP contribution in [0.15, 0.2) is 24.3 Å². The molecule has 0 unspecified atom stereocenters. The van der Waals surface area contributed by atoms with Crippen molar-refractivity contribution in [2.45, 2.75) is 44.2 Å². The van der Waals surface area contributed by atoms with Gasteiger partial charge in [0.15, 0.2) is 0 Å². The molecule has 2 aliphatic heterocycles. The summed E-state index contributed by atoms with van der Waals surface area (Å²) >= 11 is 0. The Morgan fingerprint density at radius 2 is 2.00 bits per heavy atom. The Balaban J connectivity index is 1.34. The van der Waals surface area contributed by atoms with Crippen LogP contribution < -0.4 is 20.3 Å². The maximum atomic E-state index is 12.0. The molecule has 2 aliphatic rings. The van der Waals surface area contributed by atoms with Crippen LogP contribution in [0.25, 0.3) is 0 Å². The normalized spacial score (nSPS) is 21.2. The van der Waals surface area contributed by atoms with Gasteiger partial charge < -0.3 is 25.0 Å². The Labute approximate surface area is 149 Å². The number of methoxy groups -OCH3 is 1. The fraction of sp³-hybridized carbons (Fsp3) is 0.632. The fourth-order valence-electron chi connectivity index (χ4n) is 3.53. The number of anilines is 1. The van der Waals surface area contributed by atoms with Crippen LogP contribution in [0.1, 0.15) is 32.1 Å². The van der Waals surface area contributed by atoms with Crippen molar-refractivity contribution in [2.24, 2.45) is 0 Å². The van der Waals surface area contributed by atoms with E-state index in [9.17, 15) is 4.79 Å². The SMILES string of the molecule is COc1ccc(N2CCC(NC(=O)NCC[C@@H]3CCCO3)CC2)cc1. The summed E-state index contributed by atoms with van der Waals surface area (Å²) < 4.78 is 10.8. The molecule has 1 aromatic carbocycles. The molecule has 2 heterocycles. The van der Waals surface area contributed by atoms with Gasteiger partial charge in [-0.25, -0.2) is 4.79 Å². The Kier molecular flexibility index (Phi) is 6.39. The van der Waals surface area contributed by atoms with Gasteiger partial charge in [-0.1, -0.05) is 0 Å². The molecule has 0 radical (unpaired) electrons. The smallest absolute Gasteiger partial charge is 0.315 e. The van der Waals surface area contributed by atoms with E-state index in [2.05, 4.69) is 27.7 Å². The molecule has 3 rings (SSSR count). The van der Waals surface area contributed by atoms with Crippen LogP contribution in [0.5, 0.6) is 5.75 Å². The maximum absolute atomic E-state index is 12.0. The van der Waals surface area contributed by atoms with Crippen molar-refractivity contribution in [3.05, 3.63) is 24.3 Å². The maximum Gasteiger partial charge on any atom is 0.315 e. The number of nitrogens with one attached hydrogen (secondary N) is 2. The predicted octanol–water partition coefficient (Wildman–Crippen LogP) is 2.53. The van der Waals surface area contributed by atoms with Gasteiger partial charge in [-0.3, -0.25) is 0 Å². The Morgan fingerprint density at radius 1 is 1.24 bits per heavy atom. The lowest BCUT2D eigenvalue weighted by atomic mass is 10.0. The first-order valence-corrected chi connectivity index (χ1v) is 9.29. The van der Waals surface area contributed by atoms with Crippen LogP contribution in [-0.4, -0.2) is 51.5 Å². The third-order valence-electron chi connectivity index (χ3n) is 5.04. The minimum Gasteiger partial charge on any atom is -0.497 e. The molecule has 1 atom stereocenters. The molecule has 6 heteroatoms. The molecule has 0 bridgehead atoms. The van der Waals surface area contributed by atoms with Crippen LogP contribution in [-0.2, 0) is 4.74 Å². The van der Waals surface area contributed by atoms with Gasteiger partial charge in [0.1, 0.15) is 5.75 Å². The van der Waals surface area contributed by atoms with Gasteiger partial charge >= 0.3 is 6.03 Å². The molecule has 0 aromatic heterocycles. The first kappa shape index (κ1) is 17.9. The minimum atomic E-state index is -0.0547. The number of rotatable bonds is 6. The van der Waals surface area contributed by atoms with Crippen molar-refractivity contribution in [1.82, 2.24) is 10.6 Å². The van der Waals surface area contributed by atoms with E-state index in [4.69, 9.17) is 9.47 Å². The number of nitrogens with zero attached hydrogens (tertiary/aromatic N) is 1. The van der Waals surface area contributed by atoms with E-state index in [-0.39, 0.29) is 12.1 Å². The molecule has 0 saturated carbocycles. The lowest BCUT2D eigenvalue weighted by Crippen LogP contribution is -2.48. The van der Waals surface area contributed by atoms with Gasteiger partial charge in [-0.2, -0.15) is 0 Å². The second kappa shape index (κ2) is 8.94. The van der Waals surface area contributed by atoms with E-state index in [1.807, 2.05) is 12.1 Å². The second-order valence-corrected chi connectivity index (χ2v) is 6.78. The number of urea groups is 1. The molecule has 0 spiro atoms. The van der Waals surface area contributed by atoms with Crippen LogP contribution in [0.2, 0.25) is 0 Å². The number of carbonyl (C=O) groups excluding carboxylic acids is 1. The first-order chi connectivity index (χ1) is 12.2. The zero-order valence-corrected chi connectivity index (χ0v) is 15.0. The number of amides is 2. The van der Waals surface area contributed by atoms with Gasteiger partial charge in [0, 0.05) is 38.0 Å². The van der Waals surface area contributed by atoms with Crippen LogP contribution in [0.4, 0.5) is 10.5 Å². The predicted molar refractivity (Wildman–Crippen MR) is 98.4 cm³/mol. The molecular weight excluding hydrogens is 318 g/mol. The number of hydrogen-bond acceptors (Lipinski definition) is 4. The van der Waals surface area contributed by atoms with Crippen LogP contribution in [0.3, 0.4) is 0 Å². The van der Waals surface area contributed by atoms with Crippen LogP contribution >= 0.6 is 0 Å². The van der Waals surface area contributed by atoms with E-state index in [1.54, 1.807) is 7.11 Å². The van der Waals surface area contributed by atoms with E-state index >= 15 is 0 Å². The lowest BCUT2D eigenvalue weighted by molar-refractivity contribution is 0.104. The van der Waals surface area contributed by atoms with Crippen molar-refractivity contribution < 1.29 is 14.3 Å². The van der Waals surface area contributed by atoms with Gasteiger partial charge in [0.05, 0.1) is 13.2 Å². The average molecular weight is 347 g/mol. The number of piperidine rings is 1. The van der Waals surface area contributed by atoms with Crippen molar-refractivity contribution in [1.29, 1.82) is 0 Å². The molecule has 2 saturated heterocycles. The van der Waals surface area contributed by atoms with Gasteiger partial charge in [0.25, 0.3) is 0 Å².